The molecule has 0 atom stereocenters. The van der Waals surface area contributed by atoms with Crippen LogP contribution in [-0.4, -0.2) is 0 Å². The average Bonchev–Trinajstić information content (AvgIpc) is 0. The molecule has 66 valence electrons. The molecule has 10 heavy (non-hydrogen) atoms. The molecule has 0 aromatic rings. The Bertz CT molecular complexity index is 8.81. The van der Waals surface area contributed by atoms with Gasteiger partial charge in [0.25, 0.3) is 0 Å². The van der Waals surface area contributed by atoms with Crippen LogP contribution in [0.1, 0.15) is 22.3 Å². The first-order chi connectivity index (χ1) is 0. The molecule has 0 rings (SSSR count). The normalized spacial score (nSPS) is 0. The zero-order valence-corrected chi connectivity index (χ0v) is 11.8. The first-order valence-electron chi connectivity index (χ1n) is 0. The smallest absolute Gasteiger partial charge is 0 e. The molecule has 0 heterocycles. The van der Waals surface area contributed by atoms with E-state index in [4.69, 9.17) is 0 Å². The molecule has 0 aromatic carbocycles. The second-order valence-corrected chi connectivity index (χ2v) is 0. The van der Waals surface area contributed by atoms with Crippen LogP contribution >= 0.6 is 0 Å². The van der Waals surface area contributed by atoms with Gasteiger partial charge in [0.15, 0.2) is 0 Å². The Hall–Kier alpha value is 3.73. The fourth-order valence-electron chi connectivity index (χ4n) is 0. The van der Waals surface area contributed by atoms with Crippen molar-refractivity contribution in [2.75, 3.05) is 0 Å². The van der Waals surface area contributed by atoms with Crippen LogP contribution in [0.4, 0.5) is 0 Å². The zero-order chi connectivity index (χ0) is 0. The monoisotopic (exact) mass is 412 g/mol. The molecule has 0 aliphatic rings. The Morgan fingerprint density at radius 2 is 0.200 bits per heavy atom. The van der Waals surface area contributed by atoms with Crippen LogP contribution in [0.3, 0.4) is 0 Å². The summed E-state index contributed by atoms with van der Waals surface area (Å²) in [4.78, 5) is 0. The third-order valence-corrected chi connectivity index (χ3v) is 0. The summed E-state index contributed by atoms with van der Waals surface area (Å²) >= 11 is 0. The molecular formula is C3H12Cr7. The molecule has 0 fully saturated rings. The van der Waals surface area contributed by atoms with Gasteiger partial charge < -0.3 is 0 Å². The minimum atomic E-state index is 0. The molecule has 0 aliphatic carbocycles. The van der Waals surface area contributed by atoms with E-state index in [9.17, 15) is 0 Å². The molecule has 0 aliphatic heterocycles. The van der Waals surface area contributed by atoms with Gasteiger partial charge in [0, 0.05) is 122 Å². The number of hydrogen-bond acceptors (Lipinski definition) is 0. The largest absolute Gasteiger partial charge is 0.0776 e. The van der Waals surface area contributed by atoms with Crippen LogP contribution < -0.4 is 0 Å². The quantitative estimate of drug-likeness (QED) is 0.571. The van der Waals surface area contributed by atoms with E-state index in [-0.39, 0.29) is 144 Å². The molecule has 0 spiro atoms. The van der Waals surface area contributed by atoms with E-state index < -0.39 is 0 Å². The van der Waals surface area contributed by atoms with Crippen LogP contribution in [0.25, 0.3) is 0 Å². The topological polar surface area (TPSA) is 0 Å². The van der Waals surface area contributed by atoms with E-state index in [1.807, 2.05) is 0 Å². The third-order valence-electron chi connectivity index (χ3n) is 0. The molecule has 0 amide bonds. The van der Waals surface area contributed by atoms with Gasteiger partial charge in [-0.15, -0.1) is 0 Å². The summed E-state index contributed by atoms with van der Waals surface area (Å²) in [6.45, 7) is 0. The van der Waals surface area contributed by atoms with Crippen molar-refractivity contribution in [2.45, 2.75) is 22.3 Å². The van der Waals surface area contributed by atoms with Gasteiger partial charge in [-0.2, -0.15) is 0 Å². The van der Waals surface area contributed by atoms with Crippen LogP contribution in [0.15, 0.2) is 0 Å². The minimum Gasteiger partial charge on any atom is -0.0776 e. The Labute approximate surface area is 142 Å². The molecule has 0 N–H and O–H groups in total. The predicted molar refractivity (Wildman–Crippen MR) is 20.2 cm³/mol. The van der Waals surface area contributed by atoms with Crippen molar-refractivity contribution in [3.05, 3.63) is 0 Å². The summed E-state index contributed by atoms with van der Waals surface area (Å²) in [6, 6.07) is 0. The zero-order valence-electron chi connectivity index (χ0n) is 2.86. The van der Waals surface area contributed by atoms with Gasteiger partial charge in [-0.05, 0) is 0 Å². The Morgan fingerprint density at radius 3 is 0.200 bits per heavy atom. The van der Waals surface area contributed by atoms with Crippen LogP contribution in [0.5, 0.6) is 0 Å². The van der Waals surface area contributed by atoms with Crippen molar-refractivity contribution in [2.24, 2.45) is 0 Å². The summed E-state index contributed by atoms with van der Waals surface area (Å²) in [7, 11) is 0. The van der Waals surface area contributed by atoms with Crippen LogP contribution in [0, 0.1) is 0 Å². The molecule has 0 saturated heterocycles. The summed E-state index contributed by atoms with van der Waals surface area (Å²) in [5.74, 6) is 0. The molecule has 0 nitrogen and oxygen atoms in total. The van der Waals surface area contributed by atoms with Gasteiger partial charge >= 0.3 is 0 Å². The molecule has 0 saturated carbocycles. The fourth-order valence-corrected chi connectivity index (χ4v) is 0. The van der Waals surface area contributed by atoms with Gasteiger partial charge in [-0.3, -0.25) is 0 Å². The Balaban J connectivity index is 0. The van der Waals surface area contributed by atoms with Crippen LogP contribution in [0.2, 0.25) is 0 Å². The number of rotatable bonds is 0. The third kappa shape index (κ3) is 97.1. The van der Waals surface area contributed by atoms with E-state index in [2.05, 4.69) is 0 Å². The van der Waals surface area contributed by atoms with E-state index in [1.165, 1.54) is 0 Å². The van der Waals surface area contributed by atoms with Crippen LogP contribution in [-0.2, 0) is 122 Å². The van der Waals surface area contributed by atoms with Gasteiger partial charge in [0.05, 0.1) is 0 Å². The molecule has 0 radical (unpaired) electrons. The van der Waals surface area contributed by atoms with E-state index in [1.54, 1.807) is 0 Å². The van der Waals surface area contributed by atoms with E-state index in [0.717, 1.165) is 0 Å². The second kappa shape index (κ2) is 126. The predicted octanol–water partition coefficient (Wildman–Crippen LogP) is 1.89. The molecular weight excluding hydrogens is 400 g/mol. The van der Waals surface area contributed by atoms with Gasteiger partial charge in [-0.25, -0.2) is 0 Å². The maximum absolute atomic E-state index is 0. The van der Waals surface area contributed by atoms with E-state index >= 15 is 0 Å². The summed E-state index contributed by atoms with van der Waals surface area (Å²) < 4.78 is 0. The SMILES string of the molecule is C.C.C.[Cr].[Cr].[Cr].[Cr].[Cr].[Cr].[Cr]. The first kappa shape index (κ1) is 160. The Morgan fingerprint density at radius 1 is 0.200 bits per heavy atom. The fraction of sp³-hybridized carbons (Fsp3) is 1.00. The number of hydrogen-bond donors (Lipinski definition) is 0. The Kier molecular flexibility index (Phi) is 2020. The molecule has 7 heteroatoms. The van der Waals surface area contributed by atoms with Gasteiger partial charge in [0.2, 0.25) is 0 Å². The van der Waals surface area contributed by atoms with Crippen molar-refractivity contribution in [1.29, 1.82) is 0 Å². The van der Waals surface area contributed by atoms with Crippen molar-refractivity contribution < 1.29 is 122 Å². The standard InChI is InChI=1S/3CH4.7Cr/h3*1H4;;;;;;;. The second-order valence-electron chi connectivity index (χ2n) is 0. The molecule has 0 aromatic heterocycles. The first-order valence-corrected chi connectivity index (χ1v) is 0. The van der Waals surface area contributed by atoms with Gasteiger partial charge in [0.1, 0.15) is 0 Å². The van der Waals surface area contributed by atoms with Crippen molar-refractivity contribution in [3.63, 3.8) is 0 Å². The molecule has 0 unspecified atom stereocenters. The average molecular weight is 412 g/mol. The molecule has 0 bridgehead atoms. The van der Waals surface area contributed by atoms with Gasteiger partial charge in [-0.1, -0.05) is 22.3 Å². The van der Waals surface area contributed by atoms with E-state index in [0.29, 0.717) is 0 Å². The van der Waals surface area contributed by atoms with Crippen molar-refractivity contribution >= 4 is 0 Å². The maximum atomic E-state index is 0. The summed E-state index contributed by atoms with van der Waals surface area (Å²) in [6.07, 6.45) is 0. The maximum Gasteiger partial charge on any atom is 0 e. The van der Waals surface area contributed by atoms with Crippen molar-refractivity contribution in [3.8, 4) is 0 Å². The summed E-state index contributed by atoms with van der Waals surface area (Å²) in [5.41, 5.74) is 0. The van der Waals surface area contributed by atoms with Crippen molar-refractivity contribution in [1.82, 2.24) is 0 Å². The summed E-state index contributed by atoms with van der Waals surface area (Å²) in [5, 5.41) is 0. The minimum absolute atomic E-state index is 0.